The van der Waals surface area contributed by atoms with Gasteiger partial charge in [0.05, 0.1) is 0 Å². The van der Waals surface area contributed by atoms with E-state index >= 15 is 0 Å². The van der Waals surface area contributed by atoms with E-state index in [0.717, 1.165) is 29.2 Å². The monoisotopic (exact) mass is 267 g/mol. The molecular formula is C14H18FNOS. The molecule has 1 aromatic carbocycles. The third-order valence-corrected chi connectivity index (χ3v) is 4.30. The van der Waals surface area contributed by atoms with E-state index in [-0.39, 0.29) is 17.6 Å². The minimum Gasteiger partial charge on any atom is -0.312 e. The molecule has 0 saturated carbocycles. The summed E-state index contributed by atoms with van der Waals surface area (Å²) in [6, 6.07) is 4.91. The molecule has 1 heterocycles. The van der Waals surface area contributed by atoms with Crippen LogP contribution in [0.15, 0.2) is 18.2 Å². The largest absolute Gasteiger partial charge is 0.312 e. The summed E-state index contributed by atoms with van der Waals surface area (Å²) in [6.07, 6.45) is 0.884. The van der Waals surface area contributed by atoms with Crippen molar-refractivity contribution in [3.8, 4) is 0 Å². The normalized spacial score (nSPS) is 19.8. The van der Waals surface area contributed by atoms with E-state index in [0.29, 0.717) is 12.8 Å². The number of rotatable bonds is 4. The molecule has 1 fully saturated rings. The summed E-state index contributed by atoms with van der Waals surface area (Å²) in [6.45, 7) is 2.89. The predicted octanol–water partition coefficient (Wildman–Crippen LogP) is 2.34. The number of carbonyl (C=O) groups is 1. The van der Waals surface area contributed by atoms with Gasteiger partial charge in [-0.2, -0.15) is 11.8 Å². The van der Waals surface area contributed by atoms with E-state index in [9.17, 15) is 9.18 Å². The van der Waals surface area contributed by atoms with Crippen molar-refractivity contribution in [3.05, 3.63) is 35.1 Å². The summed E-state index contributed by atoms with van der Waals surface area (Å²) in [5.74, 6) is 2.03. The number of thioether (sulfide) groups is 1. The van der Waals surface area contributed by atoms with Gasteiger partial charge >= 0.3 is 0 Å². The third-order valence-electron chi connectivity index (χ3n) is 3.17. The number of benzene rings is 1. The Hall–Kier alpha value is -0.870. The molecule has 2 rings (SSSR count). The first-order chi connectivity index (χ1) is 8.65. The minimum absolute atomic E-state index is 0.184. The van der Waals surface area contributed by atoms with Crippen LogP contribution in [0, 0.1) is 12.7 Å². The van der Waals surface area contributed by atoms with Gasteiger partial charge in [0.1, 0.15) is 11.6 Å². The van der Waals surface area contributed by atoms with Gasteiger partial charge in [-0.1, -0.05) is 6.07 Å². The van der Waals surface area contributed by atoms with Gasteiger partial charge in [0.25, 0.3) is 0 Å². The zero-order chi connectivity index (χ0) is 13.0. The van der Waals surface area contributed by atoms with Crippen LogP contribution >= 0.6 is 11.8 Å². The topological polar surface area (TPSA) is 29.1 Å². The van der Waals surface area contributed by atoms with Crippen LogP contribution in [0.4, 0.5) is 4.39 Å². The SMILES string of the molecule is Cc1ccc(F)cc1CC(=O)CC1CSCCN1. The predicted molar refractivity (Wildman–Crippen MR) is 73.6 cm³/mol. The highest BCUT2D eigenvalue weighted by molar-refractivity contribution is 7.99. The van der Waals surface area contributed by atoms with Gasteiger partial charge in [-0.25, -0.2) is 4.39 Å². The van der Waals surface area contributed by atoms with Crippen molar-refractivity contribution in [2.24, 2.45) is 0 Å². The average Bonchev–Trinajstić information content (AvgIpc) is 2.35. The highest BCUT2D eigenvalue weighted by atomic mass is 32.2. The van der Waals surface area contributed by atoms with Gasteiger partial charge in [0.2, 0.25) is 0 Å². The van der Waals surface area contributed by atoms with Gasteiger partial charge in [0.15, 0.2) is 0 Å². The van der Waals surface area contributed by atoms with Crippen molar-refractivity contribution in [3.63, 3.8) is 0 Å². The molecule has 0 amide bonds. The van der Waals surface area contributed by atoms with Crippen molar-refractivity contribution >= 4 is 17.5 Å². The molecule has 2 nitrogen and oxygen atoms in total. The van der Waals surface area contributed by atoms with Gasteiger partial charge in [0, 0.05) is 36.9 Å². The minimum atomic E-state index is -0.269. The Morgan fingerprint density at radius 2 is 2.39 bits per heavy atom. The fourth-order valence-corrected chi connectivity index (χ4v) is 3.09. The number of carbonyl (C=O) groups excluding carboxylic acids is 1. The standard InChI is InChI=1S/C14H18FNOS/c1-10-2-3-12(15)6-11(10)7-14(17)8-13-9-18-5-4-16-13/h2-3,6,13,16H,4-5,7-9H2,1H3. The molecule has 0 spiro atoms. The molecule has 0 aromatic heterocycles. The lowest BCUT2D eigenvalue weighted by Gasteiger charge is -2.22. The summed E-state index contributed by atoms with van der Waals surface area (Å²) in [7, 11) is 0. The summed E-state index contributed by atoms with van der Waals surface area (Å²) < 4.78 is 13.1. The number of aryl methyl sites for hydroxylation is 1. The smallest absolute Gasteiger partial charge is 0.138 e. The third kappa shape index (κ3) is 3.82. The van der Waals surface area contributed by atoms with Gasteiger partial charge in [-0.3, -0.25) is 4.79 Å². The molecule has 1 aromatic rings. The first kappa shape index (κ1) is 13.6. The zero-order valence-corrected chi connectivity index (χ0v) is 11.4. The average molecular weight is 267 g/mol. The summed E-state index contributed by atoms with van der Waals surface area (Å²) in [5, 5.41) is 3.35. The maximum Gasteiger partial charge on any atom is 0.138 e. The lowest BCUT2D eigenvalue weighted by Crippen LogP contribution is -2.39. The molecule has 1 aliphatic heterocycles. The van der Waals surface area contributed by atoms with Crippen molar-refractivity contribution in [2.75, 3.05) is 18.1 Å². The molecule has 1 unspecified atom stereocenters. The van der Waals surface area contributed by atoms with Crippen LogP contribution < -0.4 is 5.32 Å². The van der Waals surface area contributed by atoms with Crippen LogP contribution in [0.2, 0.25) is 0 Å². The Balaban J connectivity index is 1.92. The second kappa shape index (κ2) is 6.34. The molecule has 98 valence electrons. The number of halogens is 1. The molecule has 1 aliphatic rings. The Morgan fingerprint density at radius 1 is 1.56 bits per heavy atom. The van der Waals surface area contributed by atoms with Gasteiger partial charge in [-0.05, 0) is 30.2 Å². The number of nitrogens with one attached hydrogen (secondary N) is 1. The number of hydrogen-bond acceptors (Lipinski definition) is 3. The molecular weight excluding hydrogens is 249 g/mol. The van der Waals surface area contributed by atoms with Crippen LogP contribution in [0.3, 0.4) is 0 Å². The first-order valence-corrected chi connectivity index (χ1v) is 7.38. The Morgan fingerprint density at radius 3 is 3.11 bits per heavy atom. The summed E-state index contributed by atoms with van der Waals surface area (Å²) in [5.41, 5.74) is 1.79. The molecule has 1 atom stereocenters. The molecule has 0 aliphatic carbocycles. The van der Waals surface area contributed by atoms with Crippen molar-refractivity contribution < 1.29 is 9.18 Å². The zero-order valence-electron chi connectivity index (χ0n) is 10.5. The molecule has 4 heteroatoms. The van der Waals surface area contributed by atoms with E-state index in [2.05, 4.69) is 5.32 Å². The maximum atomic E-state index is 13.1. The number of Topliss-reactive ketones (excluding diaryl/α,β-unsaturated/α-hetero) is 1. The molecule has 0 radical (unpaired) electrons. The molecule has 1 saturated heterocycles. The van der Waals surface area contributed by atoms with E-state index in [1.54, 1.807) is 6.07 Å². The molecule has 1 N–H and O–H groups in total. The lowest BCUT2D eigenvalue weighted by atomic mass is 10.00. The van der Waals surface area contributed by atoms with E-state index in [1.807, 2.05) is 18.7 Å². The fraction of sp³-hybridized carbons (Fsp3) is 0.500. The number of ketones is 1. The van der Waals surface area contributed by atoms with E-state index in [4.69, 9.17) is 0 Å². The van der Waals surface area contributed by atoms with Crippen LogP contribution in [0.25, 0.3) is 0 Å². The fourth-order valence-electron chi connectivity index (χ4n) is 2.14. The number of hydrogen-bond donors (Lipinski definition) is 1. The first-order valence-electron chi connectivity index (χ1n) is 6.23. The molecule has 0 bridgehead atoms. The van der Waals surface area contributed by atoms with Crippen LogP contribution in [0.1, 0.15) is 17.5 Å². The second-order valence-corrected chi connectivity index (χ2v) is 5.87. The van der Waals surface area contributed by atoms with Gasteiger partial charge in [-0.15, -0.1) is 0 Å². The Bertz CT molecular complexity index is 430. The van der Waals surface area contributed by atoms with Gasteiger partial charge < -0.3 is 5.32 Å². The molecule has 18 heavy (non-hydrogen) atoms. The Kier molecular flexibility index (Phi) is 4.78. The van der Waals surface area contributed by atoms with Crippen LogP contribution in [-0.2, 0) is 11.2 Å². The maximum absolute atomic E-state index is 13.1. The van der Waals surface area contributed by atoms with Crippen LogP contribution in [-0.4, -0.2) is 29.9 Å². The Labute approximate surface area is 111 Å². The highest BCUT2D eigenvalue weighted by Gasteiger charge is 2.17. The van der Waals surface area contributed by atoms with Crippen LogP contribution in [0.5, 0.6) is 0 Å². The quantitative estimate of drug-likeness (QED) is 0.908. The summed E-state index contributed by atoms with van der Waals surface area (Å²) >= 11 is 1.88. The van der Waals surface area contributed by atoms with Crippen molar-refractivity contribution in [1.29, 1.82) is 0 Å². The van der Waals surface area contributed by atoms with E-state index < -0.39 is 0 Å². The lowest BCUT2D eigenvalue weighted by molar-refractivity contribution is -0.118. The van der Waals surface area contributed by atoms with Crippen molar-refractivity contribution in [1.82, 2.24) is 5.32 Å². The second-order valence-electron chi connectivity index (χ2n) is 4.72. The van der Waals surface area contributed by atoms with E-state index in [1.165, 1.54) is 12.1 Å². The van der Waals surface area contributed by atoms with Crippen molar-refractivity contribution in [2.45, 2.75) is 25.8 Å². The summed E-state index contributed by atoms with van der Waals surface area (Å²) in [4.78, 5) is 12.0. The highest BCUT2D eigenvalue weighted by Crippen LogP contribution is 2.15.